The lowest BCUT2D eigenvalue weighted by Gasteiger charge is -2.11. The van der Waals surface area contributed by atoms with Gasteiger partial charge in [0, 0.05) is 30.4 Å². The first kappa shape index (κ1) is 16.6. The molecule has 23 heavy (non-hydrogen) atoms. The third kappa shape index (κ3) is 5.18. The molecule has 0 aliphatic rings. The Balaban J connectivity index is 1.85. The van der Waals surface area contributed by atoms with Crippen LogP contribution in [-0.4, -0.2) is 26.7 Å². The highest BCUT2D eigenvalue weighted by Gasteiger charge is 2.05. The second kappa shape index (κ2) is 8.03. The molecule has 0 fully saturated rings. The highest BCUT2D eigenvalue weighted by atomic mass is 19.1. The lowest BCUT2D eigenvalue weighted by molar-refractivity contribution is -0.119. The molecule has 1 amide bonds. The van der Waals surface area contributed by atoms with Crippen molar-refractivity contribution in [2.75, 3.05) is 26.1 Å². The molecule has 0 aliphatic carbocycles. The topological polar surface area (TPSA) is 59.6 Å². The van der Waals surface area contributed by atoms with Gasteiger partial charge in [-0.05, 0) is 17.7 Å². The molecular weight excluding hydrogens is 299 g/mol. The number of ether oxygens (including phenoxy) is 2. The van der Waals surface area contributed by atoms with Crippen LogP contribution in [0.15, 0.2) is 42.5 Å². The van der Waals surface area contributed by atoms with Crippen LogP contribution in [0.1, 0.15) is 5.56 Å². The van der Waals surface area contributed by atoms with Crippen LogP contribution < -0.4 is 20.1 Å². The Morgan fingerprint density at radius 2 is 1.65 bits per heavy atom. The van der Waals surface area contributed by atoms with Crippen LogP contribution in [-0.2, 0) is 11.3 Å². The van der Waals surface area contributed by atoms with Gasteiger partial charge in [-0.15, -0.1) is 0 Å². The number of carbonyl (C=O) groups excluding carboxylic acids is 1. The quantitative estimate of drug-likeness (QED) is 0.824. The lowest BCUT2D eigenvalue weighted by Crippen LogP contribution is -2.29. The van der Waals surface area contributed by atoms with E-state index in [1.807, 2.05) is 0 Å². The number of carbonyl (C=O) groups is 1. The molecule has 0 unspecified atom stereocenters. The molecule has 2 rings (SSSR count). The fraction of sp³-hybridized carbons (Fsp3) is 0.235. The minimum atomic E-state index is -0.297. The van der Waals surface area contributed by atoms with Gasteiger partial charge in [0.15, 0.2) is 0 Å². The Kier molecular flexibility index (Phi) is 5.80. The highest BCUT2D eigenvalue weighted by molar-refractivity contribution is 5.80. The van der Waals surface area contributed by atoms with Crippen LogP contribution >= 0.6 is 0 Å². The molecule has 122 valence electrons. The zero-order valence-electron chi connectivity index (χ0n) is 13.1. The minimum absolute atomic E-state index is 0.109. The maximum absolute atomic E-state index is 12.8. The largest absolute Gasteiger partial charge is 0.497 e. The van der Waals surface area contributed by atoms with Gasteiger partial charge in [-0.3, -0.25) is 4.79 Å². The first-order valence-electron chi connectivity index (χ1n) is 7.09. The lowest BCUT2D eigenvalue weighted by atomic mass is 10.2. The fourth-order valence-electron chi connectivity index (χ4n) is 1.96. The number of hydrogen-bond donors (Lipinski definition) is 2. The first-order valence-corrected chi connectivity index (χ1v) is 7.09. The molecule has 0 spiro atoms. The third-order valence-corrected chi connectivity index (χ3v) is 3.21. The van der Waals surface area contributed by atoms with E-state index in [0.29, 0.717) is 18.0 Å². The summed E-state index contributed by atoms with van der Waals surface area (Å²) in [6.45, 7) is 0.458. The van der Waals surface area contributed by atoms with E-state index in [2.05, 4.69) is 10.6 Å². The molecule has 0 heterocycles. The van der Waals surface area contributed by atoms with E-state index in [-0.39, 0.29) is 18.3 Å². The molecule has 6 heteroatoms. The number of benzene rings is 2. The van der Waals surface area contributed by atoms with Crippen LogP contribution in [0.4, 0.5) is 10.1 Å². The third-order valence-electron chi connectivity index (χ3n) is 3.21. The predicted molar refractivity (Wildman–Crippen MR) is 86.3 cm³/mol. The number of hydrogen-bond acceptors (Lipinski definition) is 4. The van der Waals surface area contributed by atoms with E-state index >= 15 is 0 Å². The van der Waals surface area contributed by atoms with E-state index in [1.165, 1.54) is 12.1 Å². The molecule has 2 aromatic rings. The number of amides is 1. The Labute approximate surface area is 134 Å². The van der Waals surface area contributed by atoms with Crippen molar-refractivity contribution in [2.45, 2.75) is 6.54 Å². The molecule has 0 atom stereocenters. The molecular formula is C17H19FN2O3. The molecule has 2 aromatic carbocycles. The summed E-state index contributed by atoms with van der Waals surface area (Å²) in [7, 11) is 3.13. The summed E-state index contributed by atoms with van der Waals surface area (Å²) in [4.78, 5) is 11.9. The van der Waals surface area contributed by atoms with E-state index in [9.17, 15) is 9.18 Å². The van der Waals surface area contributed by atoms with Gasteiger partial charge in [0.25, 0.3) is 0 Å². The highest BCUT2D eigenvalue weighted by Crippen LogP contribution is 2.25. The Bertz CT molecular complexity index is 637. The molecule has 0 radical (unpaired) electrons. The molecule has 5 nitrogen and oxygen atoms in total. The summed E-state index contributed by atoms with van der Waals surface area (Å²) >= 11 is 0. The molecule has 0 aromatic heterocycles. The summed E-state index contributed by atoms with van der Waals surface area (Å²) in [6.07, 6.45) is 0. The minimum Gasteiger partial charge on any atom is -0.497 e. The number of nitrogens with one attached hydrogen (secondary N) is 2. The van der Waals surface area contributed by atoms with Crippen molar-refractivity contribution in [3.63, 3.8) is 0 Å². The smallest absolute Gasteiger partial charge is 0.239 e. The number of methoxy groups -OCH3 is 2. The number of rotatable bonds is 7. The van der Waals surface area contributed by atoms with Gasteiger partial charge in [0.05, 0.1) is 20.8 Å². The SMILES string of the molecule is COc1cc(NCC(=O)NCc2ccc(F)cc2)cc(OC)c1. The van der Waals surface area contributed by atoms with Crippen LogP contribution in [0.25, 0.3) is 0 Å². The normalized spacial score (nSPS) is 10.0. The fourth-order valence-corrected chi connectivity index (χ4v) is 1.96. The maximum atomic E-state index is 12.8. The van der Waals surface area contributed by atoms with Gasteiger partial charge in [0.1, 0.15) is 17.3 Å². The van der Waals surface area contributed by atoms with E-state index in [1.54, 1.807) is 44.6 Å². The zero-order chi connectivity index (χ0) is 16.7. The van der Waals surface area contributed by atoms with Crippen molar-refractivity contribution in [3.05, 3.63) is 53.8 Å². The van der Waals surface area contributed by atoms with Crippen molar-refractivity contribution >= 4 is 11.6 Å². The summed E-state index contributed by atoms with van der Waals surface area (Å²) in [5.74, 6) is 0.807. The first-order chi connectivity index (χ1) is 11.1. The van der Waals surface area contributed by atoms with Crippen molar-refractivity contribution in [1.82, 2.24) is 5.32 Å². The number of anilines is 1. The molecule has 0 aliphatic heterocycles. The Morgan fingerprint density at radius 1 is 1.04 bits per heavy atom. The van der Waals surface area contributed by atoms with Gasteiger partial charge in [-0.2, -0.15) is 0 Å². The van der Waals surface area contributed by atoms with Gasteiger partial charge >= 0.3 is 0 Å². The van der Waals surface area contributed by atoms with Crippen LogP contribution in [0.2, 0.25) is 0 Å². The molecule has 0 saturated carbocycles. The molecule has 0 saturated heterocycles. The second-order valence-electron chi connectivity index (χ2n) is 4.86. The molecule has 0 bridgehead atoms. The van der Waals surface area contributed by atoms with Gasteiger partial charge in [-0.1, -0.05) is 12.1 Å². The van der Waals surface area contributed by atoms with E-state index in [0.717, 1.165) is 11.3 Å². The average Bonchev–Trinajstić information content (AvgIpc) is 2.59. The van der Waals surface area contributed by atoms with Gasteiger partial charge in [-0.25, -0.2) is 4.39 Å². The summed E-state index contributed by atoms with van der Waals surface area (Å²) in [5, 5.41) is 5.77. The van der Waals surface area contributed by atoms with E-state index < -0.39 is 0 Å². The van der Waals surface area contributed by atoms with Gasteiger partial charge in [0.2, 0.25) is 5.91 Å². The van der Waals surface area contributed by atoms with Crippen molar-refractivity contribution in [2.24, 2.45) is 0 Å². The Hall–Kier alpha value is -2.76. The van der Waals surface area contributed by atoms with E-state index in [4.69, 9.17) is 9.47 Å². The van der Waals surface area contributed by atoms with Crippen LogP contribution in [0.3, 0.4) is 0 Å². The van der Waals surface area contributed by atoms with Crippen molar-refractivity contribution < 1.29 is 18.7 Å². The maximum Gasteiger partial charge on any atom is 0.239 e. The average molecular weight is 318 g/mol. The van der Waals surface area contributed by atoms with Crippen LogP contribution in [0, 0.1) is 5.82 Å². The molecule has 2 N–H and O–H groups in total. The summed E-state index contributed by atoms with van der Waals surface area (Å²) in [6, 6.07) is 11.3. The predicted octanol–water partition coefficient (Wildman–Crippen LogP) is 2.57. The summed E-state index contributed by atoms with van der Waals surface area (Å²) in [5.41, 5.74) is 1.56. The van der Waals surface area contributed by atoms with Crippen LogP contribution in [0.5, 0.6) is 11.5 Å². The second-order valence-corrected chi connectivity index (χ2v) is 4.86. The standard InChI is InChI=1S/C17H19FN2O3/c1-22-15-7-14(8-16(9-15)23-2)19-11-17(21)20-10-12-3-5-13(18)6-4-12/h3-9,19H,10-11H2,1-2H3,(H,20,21). The summed E-state index contributed by atoms with van der Waals surface area (Å²) < 4.78 is 23.1. The zero-order valence-corrected chi connectivity index (χ0v) is 13.1. The van der Waals surface area contributed by atoms with Crippen molar-refractivity contribution in [1.29, 1.82) is 0 Å². The number of halogens is 1. The van der Waals surface area contributed by atoms with Gasteiger partial charge < -0.3 is 20.1 Å². The van der Waals surface area contributed by atoms with Crippen molar-refractivity contribution in [3.8, 4) is 11.5 Å². The monoisotopic (exact) mass is 318 g/mol. The Morgan fingerprint density at radius 3 is 2.22 bits per heavy atom.